The number of benzene rings is 4. The molecule has 0 atom stereocenters. The molecule has 6 heteroatoms. The zero-order chi connectivity index (χ0) is 22.9. The van der Waals surface area contributed by atoms with Crippen LogP contribution >= 0.6 is 0 Å². The molecule has 0 aromatic heterocycles. The van der Waals surface area contributed by atoms with E-state index in [0.717, 1.165) is 16.3 Å². The van der Waals surface area contributed by atoms with Crippen molar-refractivity contribution in [3.63, 3.8) is 0 Å². The van der Waals surface area contributed by atoms with E-state index in [4.69, 9.17) is 0 Å². The molecule has 32 heavy (non-hydrogen) atoms. The average Bonchev–Trinajstić information content (AvgIpc) is 2.78. The quantitative estimate of drug-likeness (QED) is 0.440. The molecule has 0 saturated carbocycles. The van der Waals surface area contributed by atoms with Gasteiger partial charge in [0.1, 0.15) is 0 Å². The molecular formula is C26H24N2O3S. The number of rotatable bonds is 5. The molecule has 0 saturated heterocycles. The van der Waals surface area contributed by atoms with Crippen molar-refractivity contribution in [1.29, 1.82) is 0 Å². The van der Waals surface area contributed by atoms with Gasteiger partial charge < -0.3 is 5.32 Å². The Labute approximate surface area is 188 Å². The maximum Gasteiger partial charge on any atom is 0.264 e. The van der Waals surface area contributed by atoms with Crippen LogP contribution in [0, 0.1) is 13.8 Å². The lowest BCUT2D eigenvalue weighted by molar-refractivity contribution is 0.102. The smallest absolute Gasteiger partial charge is 0.264 e. The minimum atomic E-state index is -3.70. The fraction of sp³-hybridized carbons (Fsp3) is 0.115. The molecule has 4 rings (SSSR count). The summed E-state index contributed by atoms with van der Waals surface area (Å²) in [4.78, 5) is 13.0. The Balaban J connectivity index is 1.56. The van der Waals surface area contributed by atoms with Crippen molar-refractivity contribution in [3.8, 4) is 0 Å². The highest BCUT2D eigenvalue weighted by Gasteiger charge is 2.23. The number of fused-ring (bicyclic) bond motifs is 1. The first-order valence-electron chi connectivity index (χ1n) is 10.2. The van der Waals surface area contributed by atoms with Gasteiger partial charge in [-0.2, -0.15) is 0 Å². The summed E-state index contributed by atoms with van der Waals surface area (Å²) < 4.78 is 27.3. The van der Waals surface area contributed by atoms with Gasteiger partial charge in [-0.15, -0.1) is 0 Å². The first-order chi connectivity index (χ1) is 15.3. The van der Waals surface area contributed by atoms with Gasteiger partial charge in [0.2, 0.25) is 0 Å². The van der Waals surface area contributed by atoms with Crippen molar-refractivity contribution in [2.24, 2.45) is 0 Å². The maximum absolute atomic E-state index is 13.0. The Hall–Kier alpha value is -3.64. The molecule has 0 spiro atoms. The van der Waals surface area contributed by atoms with Gasteiger partial charge in [0.15, 0.2) is 0 Å². The Morgan fingerprint density at radius 1 is 0.812 bits per heavy atom. The predicted octanol–water partition coefficient (Wildman–Crippen LogP) is 5.53. The maximum atomic E-state index is 13.0. The second kappa shape index (κ2) is 8.48. The predicted molar refractivity (Wildman–Crippen MR) is 130 cm³/mol. The summed E-state index contributed by atoms with van der Waals surface area (Å²) in [6, 6.07) is 25.4. The van der Waals surface area contributed by atoms with E-state index in [1.54, 1.807) is 49.4 Å². The standard InChI is InChI=1S/C26H24N2O3S/c1-18-8-13-24(14-9-18)32(30,31)28(3)25-15-11-22(16-19(25)2)26(29)27-23-12-10-20-6-4-5-7-21(20)17-23/h4-17H,1-3H3,(H,27,29). The highest BCUT2D eigenvalue weighted by Crippen LogP contribution is 2.27. The fourth-order valence-corrected chi connectivity index (χ4v) is 4.88. The molecule has 0 aliphatic rings. The van der Waals surface area contributed by atoms with Gasteiger partial charge in [-0.05, 0) is 72.6 Å². The molecule has 0 fully saturated rings. The highest BCUT2D eigenvalue weighted by molar-refractivity contribution is 7.92. The molecule has 4 aromatic rings. The lowest BCUT2D eigenvalue weighted by Gasteiger charge is -2.22. The second-order valence-corrected chi connectivity index (χ2v) is 9.77. The van der Waals surface area contributed by atoms with Crippen LogP contribution in [0.25, 0.3) is 10.8 Å². The minimum absolute atomic E-state index is 0.225. The third-order valence-corrected chi connectivity index (χ3v) is 7.27. The Bertz CT molecular complexity index is 1410. The molecule has 0 unspecified atom stereocenters. The van der Waals surface area contributed by atoms with Crippen LogP contribution in [0.2, 0.25) is 0 Å². The first kappa shape index (κ1) is 21.6. The van der Waals surface area contributed by atoms with Crippen LogP contribution < -0.4 is 9.62 Å². The summed E-state index contributed by atoms with van der Waals surface area (Å²) in [6.07, 6.45) is 0. The molecule has 0 bridgehead atoms. The third kappa shape index (κ3) is 4.22. The normalized spacial score (nSPS) is 11.3. The number of anilines is 2. The van der Waals surface area contributed by atoms with E-state index in [1.165, 1.54) is 11.4 Å². The molecular weight excluding hydrogens is 420 g/mol. The van der Waals surface area contributed by atoms with Crippen LogP contribution in [0.15, 0.2) is 89.8 Å². The number of hydrogen-bond donors (Lipinski definition) is 1. The zero-order valence-corrected chi connectivity index (χ0v) is 19.0. The van der Waals surface area contributed by atoms with Crippen molar-refractivity contribution < 1.29 is 13.2 Å². The molecule has 1 N–H and O–H groups in total. The van der Waals surface area contributed by atoms with Crippen molar-refractivity contribution in [2.45, 2.75) is 18.7 Å². The Morgan fingerprint density at radius 3 is 2.19 bits per heavy atom. The van der Waals surface area contributed by atoms with Gasteiger partial charge in [0.25, 0.3) is 15.9 Å². The summed E-state index contributed by atoms with van der Waals surface area (Å²) in [5.74, 6) is -0.251. The topological polar surface area (TPSA) is 66.5 Å². The van der Waals surface area contributed by atoms with Crippen LogP contribution in [0.5, 0.6) is 0 Å². The Morgan fingerprint density at radius 2 is 1.50 bits per heavy atom. The molecule has 0 aliphatic carbocycles. The second-order valence-electron chi connectivity index (χ2n) is 7.80. The van der Waals surface area contributed by atoms with Gasteiger partial charge in [-0.3, -0.25) is 9.10 Å². The summed E-state index contributed by atoms with van der Waals surface area (Å²) in [6.45, 7) is 3.70. The van der Waals surface area contributed by atoms with E-state index in [9.17, 15) is 13.2 Å². The molecule has 1 amide bonds. The SMILES string of the molecule is Cc1ccc(S(=O)(=O)N(C)c2ccc(C(=O)Nc3ccc4ccccc4c3)cc2C)cc1. The summed E-state index contributed by atoms with van der Waals surface area (Å²) in [5, 5.41) is 5.06. The van der Waals surface area contributed by atoms with Crippen molar-refractivity contribution >= 4 is 38.1 Å². The number of nitrogens with zero attached hydrogens (tertiary/aromatic N) is 1. The molecule has 162 valence electrons. The van der Waals surface area contributed by atoms with Gasteiger partial charge in [0, 0.05) is 18.3 Å². The summed E-state index contributed by atoms with van der Waals surface area (Å²) in [7, 11) is -2.18. The highest BCUT2D eigenvalue weighted by atomic mass is 32.2. The van der Waals surface area contributed by atoms with Gasteiger partial charge in [-0.1, -0.05) is 48.0 Å². The average molecular weight is 445 g/mol. The van der Waals surface area contributed by atoms with E-state index < -0.39 is 10.0 Å². The summed E-state index contributed by atoms with van der Waals surface area (Å²) >= 11 is 0. The lowest BCUT2D eigenvalue weighted by atomic mass is 10.1. The van der Waals surface area contributed by atoms with E-state index >= 15 is 0 Å². The number of aryl methyl sites for hydroxylation is 2. The van der Waals surface area contributed by atoms with Gasteiger partial charge in [-0.25, -0.2) is 8.42 Å². The number of sulfonamides is 1. The van der Waals surface area contributed by atoms with Gasteiger partial charge >= 0.3 is 0 Å². The molecule has 0 aliphatic heterocycles. The van der Waals surface area contributed by atoms with Crippen LogP contribution in [-0.2, 0) is 10.0 Å². The number of carbonyl (C=O) groups excluding carboxylic acids is 1. The lowest BCUT2D eigenvalue weighted by Crippen LogP contribution is -2.27. The number of carbonyl (C=O) groups is 1. The van der Waals surface area contributed by atoms with E-state index in [1.807, 2.05) is 49.4 Å². The van der Waals surface area contributed by atoms with E-state index in [0.29, 0.717) is 22.5 Å². The molecule has 5 nitrogen and oxygen atoms in total. The third-order valence-electron chi connectivity index (χ3n) is 5.48. The van der Waals surface area contributed by atoms with Crippen molar-refractivity contribution in [3.05, 3.63) is 102 Å². The molecule has 4 aromatic carbocycles. The fourth-order valence-electron chi connectivity index (χ4n) is 3.62. The molecule has 0 radical (unpaired) electrons. The van der Waals surface area contributed by atoms with E-state index in [2.05, 4.69) is 5.32 Å². The van der Waals surface area contributed by atoms with Crippen molar-refractivity contribution in [2.75, 3.05) is 16.7 Å². The number of amides is 1. The van der Waals surface area contributed by atoms with E-state index in [-0.39, 0.29) is 10.8 Å². The van der Waals surface area contributed by atoms with Gasteiger partial charge in [0.05, 0.1) is 10.6 Å². The zero-order valence-electron chi connectivity index (χ0n) is 18.2. The van der Waals surface area contributed by atoms with Crippen molar-refractivity contribution in [1.82, 2.24) is 0 Å². The summed E-state index contributed by atoms with van der Waals surface area (Å²) in [5.41, 5.74) is 3.36. The van der Waals surface area contributed by atoms with Crippen LogP contribution in [0.4, 0.5) is 11.4 Å². The molecule has 0 heterocycles. The van der Waals surface area contributed by atoms with Crippen LogP contribution in [0.1, 0.15) is 21.5 Å². The largest absolute Gasteiger partial charge is 0.322 e. The number of nitrogens with one attached hydrogen (secondary N) is 1. The van der Waals surface area contributed by atoms with Crippen LogP contribution in [0.3, 0.4) is 0 Å². The number of hydrogen-bond acceptors (Lipinski definition) is 3. The van der Waals surface area contributed by atoms with Crippen LogP contribution in [-0.4, -0.2) is 21.4 Å². The monoisotopic (exact) mass is 444 g/mol. The first-order valence-corrected chi connectivity index (χ1v) is 11.7. The Kier molecular flexibility index (Phi) is 5.72. The minimum Gasteiger partial charge on any atom is -0.322 e.